The maximum Gasteiger partial charge on any atom is 0.0727 e. The maximum absolute atomic E-state index is 5.64. The number of nitrogens with two attached hydrogens (primary N) is 1. The van der Waals surface area contributed by atoms with E-state index in [0.29, 0.717) is 0 Å². The number of rotatable bonds is 2. The first kappa shape index (κ1) is 12.8. The van der Waals surface area contributed by atoms with Crippen LogP contribution in [0.25, 0.3) is 10.9 Å². The fourth-order valence-corrected chi connectivity index (χ4v) is 2.00. The van der Waals surface area contributed by atoms with E-state index in [9.17, 15) is 0 Å². The van der Waals surface area contributed by atoms with E-state index >= 15 is 0 Å². The Morgan fingerprint density at radius 3 is 2.50 bits per heavy atom. The number of aryl methyl sites for hydroxylation is 1. The molecule has 0 saturated carbocycles. The first-order valence-electron chi connectivity index (χ1n) is 6.36. The van der Waals surface area contributed by atoms with Crippen LogP contribution < -0.4 is 11.3 Å². The number of pyridine rings is 1. The van der Waals surface area contributed by atoms with Crippen LogP contribution in [0.1, 0.15) is 39.0 Å². The van der Waals surface area contributed by atoms with Gasteiger partial charge < -0.3 is 5.43 Å². The number of nitrogens with zero attached hydrogens (tertiary/aromatic N) is 1. The Morgan fingerprint density at radius 2 is 1.94 bits per heavy atom. The van der Waals surface area contributed by atoms with Crippen LogP contribution >= 0.6 is 0 Å². The number of fused-ring (bicyclic) bond motifs is 1. The Hall–Kier alpha value is -1.61. The fraction of sp³-hybridized carbons (Fsp3) is 0.400. The Labute approximate surface area is 108 Å². The van der Waals surface area contributed by atoms with Crippen molar-refractivity contribution in [2.75, 3.05) is 5.43 Å². The molecule has 1 aromatic heterocycles. The molecule has 2 rings (SSSR count). The third-order valence-electron chi connectivity index (χ3n) is 3.21. The van der Waals surface area contributed by atoms with Crippen LogP contribution in [0.4, 0.5) is 5.69 Å². The zero-order valence-corrected chi connectivity index (χ0v) is 11.5. The van der Waals surface area contributed by atoms with Gasteiger partial charge in [0.05, 0.1) is 11.2 Å². The molecule has 3 heteroatoms. The summed E-state index contributed by atoms with van der Waals surface area (Å²) in [6.45, 7) is 8.61. The molecular formula is C15H21N3. The van der Waals surface area contributed by atoms with E-state index in [-0.39, 0.29) is 5.41 Å². The number of hydrazine groups is 1. The van der Waals surface area contributed by atoms with Crippen molar-refractivity contribution in [3.63, 3.8) is 0 Å². The molecule has 18 heavy (non-hydrogen) atoms. The van der Waals surface area contributed by atoms with Crippen LogP contribution in [0.3, 0.4) is 0 Å². The molecule has 0 unspecified atom stereocenters. The molecule has 0 bridgehead atoms. The second kappa shape index (κ2) is 4.58. The fourth-order valence-electron chi connectivity index (χ4n) is 2.00. The lowest BCUT2D eigenvalue weighted by Crippen LogP contribution is -2.16. The molecule has 0 aliphatic heterocycles. The number of hydrogen-bond donors (Lipinski definition) is 2. The molecule has 3 N–H and O–H groups in total. The predicted molar refractivity (Wildman–Crippen MR) is 77.6 cm³/mol. The first-order valence-corrected chi connectivity index (χ1v) is 6.36. The maximum atomic E-state index is 5.64. The number of aromatic nitrogens is 1. The van der Waals surface area contributed by atoms with Gasteiger partial charge in [0.2, 0.25) is 0 Å². The molecule has 0 spiro atoms. The minimum Gasteiger partial charge on any atom is -0.323 e. The van der Waals surface area contributed by atoms with Crippen LogP contribution in [-0.2, 0) is 11.8 Å². The van der Waals surface area contributed by atoms with Gasteiger partial charge in [-0.25, -0.2) is 0 Å². The van der Waals surface area contributed by atoms with Crippen molar-refractivity contribution in [2.24, 2.45) is 5.84 Å². The lowest BCUT2D eigenvalue weighted by Gasteiger charge is -2.20. The zero-order chi connectivity index (χ0) is 13.3. The lowest BCUT2D eigenvalue weighted by atomic mass is 9.90. The minimum absolute atomic E-state index is 0.0171. The number of nitrogen functional groups attached to an aromatic ring is 1. The Morgan fingerprint density at radius 1 is 1.22 bits per heavy atom. The number of nitrogens with one attached hydrogen (secondary N) is 1. The molecular weight excluding hydrogens is 222 g/mol. The van der Waals surface area contributed by atoms with E-state index in [2.05, 4.69) is 51.3 Å². The van der Waals surface area contributed by atoms with Crippen molar-refractivity contribution in [3.8, 4) is 0 Å². The molecule has 0 fully saturated rings. The van der Waals surface area contributed by atoms with Crippen molar-refractivity contribution >= 4 is 16.6 Å². The van der Waals surface area contributed by atoms with Gasteiger partial charge in [0.1, 0.15) is 0 Å². The molecule has 0 saturated heterocycles. The van der Waals surface area contributed by atoms with Gasteiger partial charge in [-0.1, -0.05) is 33.8 Å². The molecule has 2 aromatic rings. The summed E-state index contributed by atoms with van der Waals surface area (Å²) in [5.74, 6) is 5.64. The third kappa shape index (κ3) is 2.31. The van der Waals surface area contributed by atoms with Crippen molar-refractivity contribution in [3.05, 3.63) is 35.5 Å². The monoisotopic (exact) mass is 243 g/mol. The Kier molecular flexibility index (Phi) is 3.26. The molecule has 96 valence electrons. The second-order valence-electron chi connectivity index (χ2n) is 5.65. The van der Waals surface area contributed by atoms with Crippen molar-refractivity contribution in [1.82, 2.24) is 4.98 Å². The number of hydrogen-bond acceptors (Lipinski definition) is 3. The SMILES string of the molecule is CCc1ccc2nc(C(C)(C)C)cc(NN)c2c1. The summed E-state index contributed by atoms with van der Waals surface area (Å²) >= 11 is 0. The average molecular weight is 243 g/mol. The average Bonchev–Trinajstić information content (AvgIpc) is 2.35. The summed E-state index contributed by atoms with van der Waals surface area (Å²) < 4.78 is 0. The summed E-state index contributed by atoms with van der Waals surface area (Å²) in [4.78, 5) is 4.73. The molecule has 0 aliphatic rings. The molecule has 1 aromatic carbocycles. The zero-order valence-electron chi connectivity index (χ0n) is 11.5. The summed E-state index contributed by atoms with van der Waals surface area (Å²) in [6, 6.07) is 8.40. The minimum atomic E-state index is 0.0171. The highest BCUT2D eigenvalue weighted by molar-refractivity contribution is 5.92. The summed E-state index contributed by atoms with van der Waals surface area (Å²) in [5, 5.41) is 1.09. The largest absolute Gasteiger partial charge is 0.323 e. The van der Waals surface area contributed by atoms with E-state index < -0.39 is 0 Å². The number of benzene rings is 1. The van der Waals surface area contributed by atoms with Crippen molar-refractivity contribution in [2.45, 2.75) is 39.5 Å². The van der Waals surface area contributed by atoms with E-state index in [1.165, 1.54) is 5.56 Å². The molecule has 0 atom stereocenters. The molecule has 3 nitrogen and oxygen atoms in total. The summed E-state index contributed by atoms with van der Waals surface area (Å²) in [6.07, 6.45) is 1.01. The van der Waals surface area contributed by atoms with E-state index in [1.807, 2.05) is 6.07 Å². The van der Waals surface area contributed by atoms with Crippen molar-refractivity contribution in [1.29, 1.82) is 0 Å². The van der Waals surface area contributed by atoms with Gasteiger partial charge in [-0.2, -0.15) is 0 Å². The molecule has 1 heterocycles. The third-order valence-corrected chi connectivity index (χ3v) is 3.21. The van der Waals surface area contributed by atoms with Gasteiger partial charge >= 0.3 is 0 Å². The molecule has 0 amide bonds. The number of anilines is 1. The standard InChI is InChI=1S/C15H21N3/c1-5-10-6-7-12-11(8-10)13(18-16)9-14(17-12)15(2,3)4/h6-9H,5,16H2,1-4H3,(H,17,18). The predicted octanol–water partition coefficient (Wildman–Crippen LogP) is 3.38. The van der Waals surface area contributed by atoms with Crippen LogP contribution in [-0.4, -0.2) is 4.98 Å². The van der Waals surface area contributed by atoms with Gasteiger partial charge in [0, 0.05) is 16.5 Å². The highest BCUT2D eigenvalue weighted by Crippen LogP contribution is 2.29. The van der Waals surface area contributed by atoms with E-state index in [0.717, 1.165) is 28.7 Å². The quantitative estimate of drug-likeness (QED) is 0.628. The summed E-state index contributed by atoms with van der Waals surface area (Å²) in [5.41, 5.74) is 7.09. The normalized spacial score (nSPS) is 11.8. The summed E-state index contributed by atoms with van der Waals surface area (Å²) in [7, 11) is 0. The highest BCUT2D eigenvalue weighted by atomic mass is 15.2. The topological polar surface area (TPSA) is 50.9 Å². The second-order valence-corrected chi connectivity index (χ2v) is 5.65. The van der Waals surface area contributed by atoms with Crippen LogP contribution in [0.5, 0.6) is 0 Å². The smallest absolute Gasteiger partial charge is 0.0727 e. The molecule has 0 aliphatic carbocycles. The lowest BCUT2D eigenvalue weighted by molar-refractivity contribution is 0.572. The van der Waals surface area contributed by atoms with Crippen LogP contribution in [0, 0.1) is 0 Å². The highest BCUT2D eigenvalue weighted by Gasteiger charge is 2.17. The van der Waals surface area contributed by atoms with Crippen LogP contribution in [0.2, 0.25) is 0 Å². The van der Waals surface area contributed by atoms with E-state index in [4.69, 9.17) is 10.8 Å². The van der Waals surface area contributed by atoms with Gasteiger partial charge in [0.15, 0.2) is 0 Å². The van der Waals surface area contributed by atoms with Crippen molar-refractivity contribution < 1.29 is 0 Å². The Balaban J connectivity index is 2.71. The van der Waals surface area contributed by atoms with Gasteiger partial charge in [-0.15, -0.1) is 0 Å². The molecule has 0 radical (unpaired) electrons. The van der Waals surface area contributed by atoms with E-state index in [1.54, 1.807) is 0 Å². The van der Waals surface area contributed by atoms with Gasteiger partial charge in [0.25, 0.3) is 0 Å². The Bertz CT molecular complexity index is 568. The van der Waals surface area contributed by atoms with Gasteiger partial charge in [-0.05, 0) is 30.2 Å². The van der Waals surface area contributed by atoms with Crippen LogP contribution in [0.15, 0.2) is 24.3 Å². The first-order chi connectivity index (χ1) is 8.45. The van der Waals surface area contributed by atoms with Gasteiger partial charge in [-0.3, -0.25) is 10.8 Å².